The molecule has 214 valence electrons. The smallest absolute Gasteiger partial charge is 0.0965 e. The van der Waals surface area contributed by atoms with Crippen LogP contribution >= 0.6 is 0 Å². The molecule has 0 spiro atoms. The van der Waals surface area contributed by atoms with E-state index in [1.807, 2.05) is 12.4 Å². The van der Waals surface area contributed by atoms with Gasteiger partial charge in [-0.15, -0.1) is 0 Å². The minimum Gasteiger partial charge on any atom is -0.0965 e. The largest absolute Gasteiger partial charge is 0.244 e. The van der Waals surface area contributed by atoms with E-state index in [9.17, 15) is 0 Å². The van der Waals surface area contributed by atoms with E-state index in [1.165, 1.54) is 147 Å². The Labute approximate surface area is 237 Å². The first-order valence-corrected chi connectivity index (χ1v) is 16.8. The van der Waals surface area contributed by atoms with E-state index >= 15 is 0 Å². The third-order valence-electron chi connectivity index (χ3n) is 8.52. The number of hydrogen-bond acceptors (Lipinski definition) is 2. The molecule has 0 fully saturated rings. The molecule has 2 atom stereocenters. The van der Waals surface area contributed by atoms with Crippen LogP contribution in [0, 0.1) is 18.0 Å². The van der Waals surface area contributed by atoms with Crippen molar-refractivity contribution >= 4 is 12.4 Å². The summed E-state index contributed by atoms with van der Waals surface area (Å²) in [5, 5.41) is 0. The molecule has 1 aromatic rings. The monoisotopic (exact) mass is 521 g/mol. The normalized spacial score (nSPS) is 14.4. The molecule has 1 aromatic carbocycles. The lowest BCUT2D eigenvalue weighted by Gasteiger charge is -2.26. The highest BCUT2D eigenvalue weighted by molar-refractivity contribution is 6.18. The third kappa shape index (κ3) is 15.7. The van der Waals surface area contributed by atoms with Crippen molar-refractivity contribution < 1.29 is 0 Å². The number of aliphatic imine (C=N–C) groups is 2. The number of benzene rings is 1. The SMILES string of the molecule is CCCCCCCCCCCCCCC([C+]1N=CC=N1)C(CCCCCCCCCC)Cc1ccccc1. The lowest BCUT2D eigenvalue weighted by atomic mass is 9.78. The van der Waals surface area contributed by atoms with Gasteiger partial charge in [0.15, 0.2) is 12.4 Å². The van der Waals surface area contributed by atoms with Crippen molar-refractivity contribution in [2.45, 2.75) is 162 Å². The molecule has 0 aromatic heterocycles. The Hall–Kier alpha value is -1.57. The summed E-state index contributed by atoms with van der Waals surface area (Å²) in [6.07, 6.45) is 36.7. The van der Waals surface area contributed by atoms with Gasteiger partial charge >= 0.3 is 0 Å². The molecule has 0 amide bonds. The fourth-order valence-corrected chi connectivity index (χ4v) is 6.13. The van der Waals surface area contributed by atoms with Crippen LogP contribution in [-0.2, 0) is 6.42 Å². The van der Waals surface area contributed by atoms with Crippen molar-refractivity contribution in [3.8, 4) is 0 Å². The van der Waals surface area contributed by atoms with Crippen LogP contribution in [0.5, 0.6) is 0 Å². The molecule has 0 aliphatic carbocycles. The van der Waals surface area contributed by atoms with E-state index in [2.05, 4.69) is 44.2 Å². The molecule has 0 bridgehead atoms. The van der Waals surface area contributed by atoms with Gasteiger partial charge in [-0.3, -0.25) is 0 Å². The quantitative estimate of drug-likeness (QED) is 0.0855. The number of nitrogens with zero attached hydrogens (tertiary/aromatic N) is 2. The molecule has 2 nitrogen and oxygen atoms in total. The highest BCUT2D eigenvalue weighted by Crippen LogP contribution is 2.37. The predicted molar refractivity (Wildman–Crippen MR) is 170 cm³/mol. The Morgan fingerprint density at radius 3 is 1.42 bits per heavy atom. The van der Waals surface area contributed by atoms with Gasteiger partial charge in [-0.05, 0) is 30.7 Å². The number of unbranched alkanes of at least 4 members (excludes halogenated alkanes) is 18. The summed E-state index contributed by atoms with van der Waals surface area (Å²) >= 11 is 0. The summed E-state index contributed by atoms with van der Waals surface area (Å²) in [6.45, 7) is 4.60. The van der Waals surface area contributed by atoms with Gasteiger partial charge in [-0.2, -0.15) is 0 Å². The van der Waals surface area contributed by atoms with Gasteiger partial charge in [0.2, 0.25) is 6.17 Å². The zero-order valence-corrected chi connectivity index (χ0v) is 25.4. The molecule has 0 saturated carbocycles. The third-order valence-corrected chi connectivity index (χ3v) is 8.52. The van der Waals surface area contributed by atoms with E-state index in [1.54, 1.807) is 0 Å². The van der Waals surface area contributed by atoms with Crippen molar-refractivity contribution in [1.82, 2.24) is 0 Å². The molecule has 2 unspecified atom stereocenters. The van der Waals surface area contributed by atoms with Gasteiger partial charge in [0.1, 0.15) is 0 Å². The Morgan fingerprint density at radius 2 is 0.947 bits per heavy atom. The van der Waals surface area contributed by atoms with E-state index < -0.39 is 0 Å². The Kier molecular flexibility index (Phi) is 20.0. The molecule has 0 radical (unpaired) electrons. The summed E-state index contributed by atoms with van der Waals surface area (Å²) in [5.74, 6) is 1.14. The second kappa shape index (κ2) is 23.3. The molecule has 2 rings (SSSR count). The zero-order valence-electron chi connectivity index (χ0n) is 25.4. The maximum absolute atomic E-state index is 4.73. The first-order chi connectivity index (χ1) is 18.8. The van der Waals surface area contributed by atoms with Crippen molar-refractivity contribution in [1.29, 1.82) is 0 Å². The average Bonchev–Trinajstić information content (AvgIpc) is 3.48. The minimum absolute atomic E-state index is 0.498. The van der Waals surface area contributed by atoms with E-state index in [-0.39, 0.29) is 0 Å². The standard InChI is InChI=1S/C36H61N2/c1-3-5-7-9-11-13-14-15-16-18-20-25-29-35(36-37-30-31-38-36)34(32-33-26-22-21-23-27-33)28-24-19-17-12-10-8-6-4-2/h21-23,26-27,30-31,34-35H,3-20,24-25,28-29,32H2,1-2H3/q+1. The molecule has 1 heterocycles. The summed E-state index contributed by atoms with van der Waals surface area (Å²) in [6, 6.07) is 11.2. The van der Waals surface area contributed by atoms with Crippen LogP contribution in [0.4, 0.5) is 0 Å². The van der Waals surface area contributed by atoms with Crippen LogP contribution in [-0.4, -0.2) is 12.4 Å². The Balaban J connectivity index is 1.75. The highest BCUT2D eigenvalue weighted by atomic mass is 15.0. The first kappa shape index (κ1) is 32.6. The van der Waals surface area contributed by atoms with Crippen molar-refractivity contribution in [3.63, 3.8) is 0 Å². The average molecular weight is 522 g/mol. The van der Waals surface area contributed by atoms with Crippen LogP contribution in [0.3, 0.4) is 0 Å². The van der Waals surface area contributed by atoms with Gasteiger partial charge in [-0.25, -0.2) is 0 Å². The molecule has 1 aliphatic heterocycles. The lowest BCUT2D eigenvalue weighted by Crippen LogP contribution is -2.22. The molecular formula is C36H61N2+. The van der Waals surface area contributed by atoms with E-state index in [0.717, 1.165) is 12.6 Å². The van der Waals surface area contributed by atoms with Crippen LogP contribution in [0.1, 0.15) is 161 Å². The van der Waals surface area contributed by atoms with Gasteiger partial charge in [0.25, 0.3) is 0 Å². The fraction of sp³-hybridized carbons (Fsp3) is 0.750. The van der Waals surface area contributed by atoms with E-state index in [4.69, 9.17) is 9.98 Å². The van der Waals surface area contributed by atoms with Crippen molar-refractivity contribution in [2.75, 3.05) is 0 Å². The maximum atomic E-state index is 4.73. The molecular weight excluding hydrogens is 460 g/mol. The van der Waals surface area contributed by atoms with Crippen LogP contribution < -0.4 is 0 Å². The Bertz CT molecular complexity index is 683. The second-order valence-corrected chi connectivity index (χ2v) is 11.9. The molecule has 2 heteroatoms. The zero-order chi connectivity index (χ0) is 26.9. The maximum Gasteiger partial charge on any atom is 0.244 e. The van der Waals surface area contributed by atoms with Gasteiger partial charge in [0.05, 0.1) is 5.92 Å². The fourth-order valence-electron chi connectivity index (χ4n) is 6.13. The van der Waals surface area contributed by atoms with Crippen LogP contribution in [0.15, 0.2) is 40.3 Å². The first-order valence-electron chi connectivity index (χ1n) is 16.8. The van der Waals surface area contributed by atoms with Crippen molar-refractivity contribution in [3.05, 3.63) is 42.1 Å². The summed E-state index contributed by atoms with van der Waals surface area (Å²) in [4.78, 5) is 9.46. The second-order valence-electron chi connectivity index (χ2n) is 11.9. The minimum atomic E-state index is 0.498. The predicted octanol–water partition coefficient (Wildman–Crippen LogP) is 11.7. The molecule has 0 saturated heterocycles. The van der Waals surface area contributed by atoms with Crippen LogP contribution in [0.2, 0.25) is 0 Å². The lowest BCUT2D eigenvalue weighted by molar-refractivity contribution is 0.284. The van der Waals surface area contributed by atoms with E-state index in [0.29, 0.717) is 11.8 Å². The summed E-state index contributed by atoms with van der Waals surface area (Å²) in [7, 11) is 0. The summed E-state index contributed by atoms with van der Waals surface area (Å²) in [5.41, 5.74) is 1.48. The molecule has 0 N–H and O–H groups in total. The Morgan fingerprint density at radius 1 is 0.526 bits per heavy atom. The summed E-state index contributed by atoms with van der Waals surface area (Å²) < 4.78 is 0. The number of hydrogen-bond donors (Lipinski definition) is 0. The molecule has 1 aliphatic rings. The number of rotatable bonds is 26. The van der Waals surface area contributed by atoms with Crippen molar-refractivity contribution in [2.24, 2.45) is 21.8 Å². The topological polar surface area (TPSA) is 24.7 Å². The van der Waals surface area contributed by atoms with Gasteiger partial charge in [0, 0.05) is 0 Å². The van der Waals surface area contributed by atoms with Gasteiger partial charge in [-0.1, -0.05) is 183 Å². The highest BCUT2D eigenvalue weighted by Gasteiger charge is 2.35. The molecule has 38 heavy (non-hydrogen) atoms. The van der Waals surface area contributed by atoms with Gasteiger partial charge < -0.3 is 0 Å². The van der Waals surface area contributed by atoms with Crippen LogP contribution in [0.25, 0.3) is 0 Å².